The van der Waals surface area contributed by atoms with Gasteiger partial charge in [-0.05, 0) is 18.2 Å². The molecule has 2 aromatic rings. The van der Waals surface area contributed by atoms with Gasteiger partial charge in [0, 0.05) is 12.2 Å². The summed E-state index contributed by atoms with van der Waals surface area (Å²) < 4.78 is 0.893. The Balaban J connectivity index is 2.17. The fraction of sp³-hybridized carbons (Fsp3) is 0.200. The summed E-state index contributed by atoms with van der Waals surface area (Å²) in [6.45, 7) is 0.653. The first-order valence-electron chi connectivity index (χ1n) is 6.27. The van der Waals surface area contributed by atoms with E-state index in [1.54, 1.807) is 6.07 Å². The smallest absolute Gasteiger partial charge is 0.184 e. The molecule has 0 saturated carbocycles. The van der Waals surface area contributed by atoms with Crippen molar-refractivity contribution in [3.8, 4) is 6.07 Å². The molecule has 0 fully saturated rings. The minimum Gasteiger partial charge on any atom is -0.363 e. The van der Waals surface area contributed by atoms with E-state index in [1.165, 1.54) is 11.3 Å². The lowest BCUT2D eigenvalue weighted by Crippen LogP contribution is -2.30. The predicted octanol–water partition coefficient (Wildman–Crippen LogP) is 4.66. The molecule has 108 valence electrons. The Labute approximate surface area is 137 Å². The van der Waals surface area contributed by atoms with Crippen LogP contribution in [0.15, 0.2) is 36.4 Å². The molecule has 0 aliphatic heterocycles. The van der Waals surface area contributed by atoms with Crippen LogP contribution in [0.3, 0.4) is 0 Å². The average molecular weight is 339 g/mol. The van der Waals surface area contributed by atoms with Crippen LogP contribution in [-0.2, 0) is 0 Å². The van der Waals surface area contributed by atoms with Crippen molar-refractivity contribution in [2.45, 2.75) is 6.42 Å². The number of carbonyl (C=O) groups excluding carboxylic acids is 1. The third-order valence-corrected chi connectivity index (χ3v) is 4.39. The Bertz CT molecular complexity index is 664. The van der Waals surface area contributed by atoms with Crippen LogP contribution in [0.1, 0.15) is 16.8 Å². The van der Waals surface area contributed by atoms with E-state index < -0.39 is 0 Å². The van der Waals surface area contributed by atoms with Gasteiger partial charge in [-0.2, -0.15) is 5.26 Å². The summed E-state index contributed by atoms with van der Waals surface area (Å²) in [7, 11) is 0. The van der Waals surface area contributed by atoms with Gasteiger partial charge in [0.1, 0.15) is 4.34 Å². The number of Topliss-reactive ketones (excluding diaryl/α,β-unsaturated/α-hetero) is 1. The molecule has 1 heterocycles. The van der Waals surface area contributed by atoms with E-state index >= 15 is 0 Å². The molecule has 3 nitrogen and oxygen atoms in total. The second-order valence-electron chi connectivity index (χ2n) is 4.33. The number of nitrogens with zero attached hydrogens (tertiary/aromatic N) is 2. The van der Waals surface area contributed by atoms with Gasteiger partial charge < -0.3 is 4.90 Å². The highest BCUT2D eigenvalue weighted by Gasteiger charge is 2.18. The molecule has 6 heteroatoms. The van der Waals surface area contributed by atoms with Crippen LogP contribution in [0.2, 0.25) is 8.67 Å². The highest BCUT2D eigenvalue weighted by molar-refractivity contribution is 7.20. The van der Waals surface area contributed by atoms with Crippen molar-refractivity contribution in [1.29, 1.82) is 5.26 Å². The van der Waals surface area contributed by atoms with Gasteiger partial charge in [-0.25, -0.2) is 0 Å². The number of ketones is 1. The number of para-hydroxylation sites is 1. The van der Waals surface area contributed by atoms with Crippen molar-refractivity contribution in [2.24, 2.45) is 0 Å². The van der Waals surface area contributed by atoms with Crippen molar-refractivity contribution in [3.63, 3.8) is 0 Å². The average Bonchev–Trinajstić information content (AvgIpc) is 2.83. The maximum atomic E-state index is 12.4. The molecule has 21 heavy (non-hydrogen) atoms. The summed E-state index contributed by atoms with van der Waals surface area (Å²) in [5, 5.41) is 8.76. The van der Waals surface area contributed by atoms with Crippen molar-refractivity contribution in [1.82, 2.24) is 0 Å². The van der Waals surface area contributed by atoms with Crippen LogP contribution in [0.4, 0.5) is 5.69 Å². The molecule has 0 radical (unpaired) electrons. The first-order valence-corrected chi connectivity index (χ1v) is 7.84. The molecule has 0 saturated heterocycles. The third kappa shape index (κ3) is 4.21. The van der Waals surface area contributed by atoms with Crippen molar-refractivity contribution in [2.75, 3.05) is 18.0 Å². The largest absolute Gasteiger partial charge is 0.363 e. The van der Waals surface area contributed by atoms with Crippen LogP contribution in [-0.4, -0.2) is 18.9 Å². The number of halogens is 2. The monoisotopic (exact) mass is 338 g/mol. The molecule has 0 spiro atoms. The lowest BCUT2D eigenvalue weighted by molar-refractivity contribution is 0.0999. The zero-order chi connectivity index (χ0) is 15.2. The van der Waals surface area contributed by atoms with E-state index in [2.05, 4.69) is 6.07 Å². The van der Waals surface area contributed by atoms with Crippen LogP contribution in [0.5, 0.6) is 0 Å². The second-order valence-corrected chi connectivity index (χ2v) is 6.61. The topological polar surface area (TPSA) is 44.1 Å². The maximum absolute atomic E-state index is 12.4. The number of anilines is 1. The predicted molar refractivity (Wildman–Crippen MR) is 87.6 cm³/mol. The Morgan fingerprint density at radius 3 is 2.57 bits per heavy atom. The molecule has 0 amide bonds. The quantitative estimate of drug-likeness (QED) is 0.719. The molecule has 2 rings (SSSR count). The lowest BCUT2D eigenvalue weighted by Gasteiger charge is -2.22. The van der Waals surface area contributed by atoms with Crippen LogP contribution >= 0.6 is 34.5 Å². The summed E-state index contributed by atoms with van der Waals surface area (Å²) in [6.07, 6.45) is 0.348. The Hall–Kier alpha value is -1.54. The van der Waals surface area contributed by atoms with Crippen LogP contribution in [0.25, 0.3) is 0 Å². The van der Waals surface area contributed by atoms with E-state index in [1.807, 2.05) is 35.2 Å². The highest BCUT2D eigenvalue weighted by atomic mass is 35.5. The van der Waals surface area contributed by atoms with Gasteiger partial charge in [0.25, 0.3) is 0 Å². The van der Waals surface area contributed by atoms with E-state index in [0.29, 0.717) is 27.2 Å². The number of rotatable bonds is 6. The first kappa shape index (κ1) is 15.8. The summed E-state index contributed by atoms with van der Waals surface area (Å²) in [5.74, 6) is -0.107. The lowest BCUT2D eigenvalue weighted by atomic mass is 10.2. The summed E-state index contributed by atoms with van der Waals surface area (Å²) in [5.41, 5.74) is 1.34. The summed E-state index contributed by atoms with van der Waals surface area (Å²) >= 11 is 13.1. The summed E-state index contributed by atoms with van der Waals surface area (Å²) in [4.78, 5) is 14.2. The number of carbonyl (C=O) groups is 1. The molecule has 0 aliphatic rings. The van der Waals surface area contributed by atoms with Crippen LogP contribution in [0, 0.1) is 11.3 Å². The van der Waals surface area contributed by atoms with Gasteiger partial charge in [-0.3, -0.25) is 4.79 Å². The molecule has 0 bridgehead atoms. The van der Waals surface area contributed by atoms with Gasteiger partial charge in [0.05, 0.1) is 28.9 Å². The normalized spacial score (nSPS) is 10.1. The van der Waals surface area contributed by atoms with E-state index in [0.717, 1.165) is 5.69 Å². The van der Waals surface area contributed by atoms with Crippen LogP contribution < -0.4 is 4.90 Å². The molecule has 0 atom stereocenters. The molecule has 0 unspecified atom stereocenters. The number of hydrogen-bond donors (Lipinski definition) is 0. The zero-order valence-corrected chi connectivity index (χ0v) is 13.4. The Morgan fingerprint density at radius 2 is 2.00 bits per heavy atom. The van der Waals surface area contributed by atoms with Gasteiger partial charge >= 0.3 is 0 Å². The number of hydrogen-bond acceptors (Lipinski definition) is 4. The number of benzene rings is 1. The van der Waals surface area contributed by atoms with Crippen molar-refractivity contribution < 1.29 is 4.79 Å². The fourth-order valence-electron chi connectivity index (χ4n) is 1.91. The van der Waals surface area contributed by atoms with E-state index in [4.69, 9.17) is 28.5 Å². The molecule has 1 aromatic heterocycles. The van der Waals surface area contributed by atoms with E-state index in [9.17, 15) is 4.79 Å². The fourth-order valence-corrected chi connectivity index (χ4v) is 3.41. The number of nitriles is 1. The number of thiophene rings is 1. The van der Waals surface area contributed by atoms with Gasteiger partial charge in [-0.1, -0.05) is 41.4 Å². The molecule has 1 aromatic carbocycles. The molecule has 0 N–H and O–H groups in total. The van der Waals surface area contributed by atoms with Gasteiger partial charge in [0.2, 0.25) is 0 Å². The summed E-state index contributed by atoms with van der Waals surface area (Å²) in [6, 6.07) is 13.2. The standard InChI is InChI=1S/C15H12Cl2N2OS/c16-14-9-12(15(17)21-14)13(20)10-19(8-4-7-18)11-5-2-1-3-6-11/h1-3,5-6,9H,4,8,10H2. The SMILES string of the molecule is N#CCCN(CC(=O)c1cc(Cl)sc1Cl)c1ccccc1. The maximum Gasteiger partial charge on any atom is 0.184 e. The Morgan fingerprint density at radius 1 is 1.29 bits per heavy atom. The van der Waals surface area contributed by atoms with Crippen molar-refractivity contribution >= 4 is 46.0 Å². The third-order valence-electron chi connectivity index (χ3n) is 2.91. The van der Waals surface area contributed by atoms with Crippen molar-refractivity contribution in [3.05, 3.63) is 50.6 Å². The molecule has 0 aliphatic carbocycles. The zero-order valence-electron chi connectivity index (χ0n) is 11.1. The minimum atomic E-state index is -0.107. The van der Waals surface area contributed by atoms with Gasteiger partial charge in [-0.15, -0.1) is 11.3 Å². The highest BCUT2D eigenvalue weighted by Crippen LogP contribution is 2.31. The van der Waals surface area contributed by atoms with Gasteiger partial charge in [0.15, 0.2) is 5.78 Å². The molecular formula is C15H12Cl2N2OS. The first-order chi connectivity index (χ1) is 10.1. The van der Waals surface area contributed by atoms with E-state index in [-0.39, 0.29) is 12.3 Å². The Kier molecular flexibility index (Phi) is 5.63. The second kappa shape index (κ2) is 7.46. The molecular weight excluding hydrogens is 327 g/mol. The minimum absolute atomic E-state index is 0.107.